The molecular formula is C20H37N5O10. The number of nitrogens with two attached hydrogens (primary N) is 3. The molecule has 35 heavy (non-hydrogen) atoms. The minimum absolute atomic E-state index is 0.196. The molecular weight excluding hydrogens is 470 g/mol. The number of primary amides is 1. The Balaban J connectivity index is 2.91. The van der Waals surface area contributed by atoms with E-state index in [1.807, 2.05) is 0 Å². The van der Waals surface area contributed by atoms with Crippen LogP contribution < -0.4 is 22.5 Å². The van der Waals surface area contributed by atoms with Crippen LogP contribution in [0.1, 0.15) is 33.6 Å². The largest absolute Gasteiger partial charge is 0.480 e. The van der Waals surface area contributed by atoms with Crippen LogP contribution in [0.15, 0.2) is 0 Å². The summed E-state index contributed by atoms with van der Waals surface area (Å²) in [5.41, 5.74) is 16.6. The van der Waals surface area contributed by atoms with Gasteiger partial charge in [0, 0.05) is 13.0 Å². The zero-order valence-electron chi connectivity index (χ0n) is 19.9. The topological polar surface area (TPSA) is 261 Å². The fraction of sp³-hybridized carbons (Fsp3) is 0.800. The molecule has 202 valence electrons. The van der Waals surface area contributed by atoms with Gasteiger partial charge >= 0.3 is 5.97 Å². The molecule has 0 aromatic carbocycles. The first-order chi connectivity index (χ1) is 16.2. The van der Waals surface area contributed by atoms with Gasteiger partial charge in [-0.05, 0) is 27.2 Å². The van der Waals surface area contributed by atoms with Crippen molar-refractivity contribution in [3.05, 3.63) is 0 Å². The molecule has 3 amide bonds. The quantitative estimate of drug-likeness (QED) is 0.117. The van der Waals surface area contributed by atoms with Crippen LogP contribution in [0.3, 0.4) is 0 Å². The number of hydrogen-bond donors (Lipinski definition) is 8. The number of aliphatic hydroxyl groups is 3. The number of aliphatic carboxylic acids is 1. The van der Waals surface area contributed by atoms with Crippen molar-refractivity contribution in [2.75, 3.05) is 13.2 Å². The number of carboxylic acid groups (broad SMARTS) is 1. The highest BCUT2D eigenvalue weighted by Gasteiger charge is 2.44. The standard InChI is InChI=1S/C20H37N5O10/c1-8(34-16-14(22)20(33)35-12(7-26)15(16)28)6-25(10(3)19(31)32)13(27)5-4-11(17(23)29)24-18(30)9(2)21/h8-12,14-16,20,26,28,33H,4-7,21-22H2,1-3H3,(H2,23,29)(H,24,30)(H,31,32)/t8?,9-,10+,11-,12-,14-,15-,16-,20+/m1/s1. The van der Waals surface area contributed by atoms with Crippen molar-refractivity contribution in [3.8, 4) is 0 Å². The number of carbonyl (C=O) groups is 4. The van der Waals surface area contributed by atoms with Gasteiger partial charge in [-0.1, -0.05) is 0 Å². The number of rotatable bonds is 13. The molecule has 0 aromatic heterocycles. The maximum absolute atomic E-state index is 12.9. The summed E-state index contributed by atoms with van der Waals surface area (Å²) in [7, 11) is 0. The SMILES string of the molecule is CC(CN(C(=O)CC[C@@H](NC(=O)[C@@H](C)N)C(N)=O)[C@@H](C)C(=O)O)O[C@@H]1[C@@H](N)[C@@H](O)O[C@H](CO)[C@H]1O. The summed E-state index contributed by atoms with van der Waals surface area (Å²) in [5.74, 6) is -3.50. The first kappa shape index (κ1) is 30.6. The minimum Gasteiger partial charge on any atom is -0.480 e. The number of ether oxygens (including phenoxy) is 2. The molecule has 11 N–H and O–H groups in total. The highest BCUT2D eigenvalue weighted by Crippen LogP contribution is 2.23. The molecule has 9 atom stereocenters. The molecule has 15 nitrogen and oxygen atoms in total. The molecule has 0 bridgehead atoms. The van der Waals surface area contributed by atoms with Gasteiger partial charge in [-0.3, -0.25) is 14.4 Å². The van der Waals surface area contributed by atoms with E-state index in [1.54, 1.807) is 0 Å². The number of nitrogens with one attached hydrogen (secondary N) is 1. The Morgan fingerprint density at radius 2 is 1.77 bits per heavy atom. The summed E-state index contributed by atoms with van der Waals surface area (Å²) in [4.78, 5) is 48.9. The monoisotopic (exact) mass is 507 g/mol. The van der Waals surface area contributed by atoms with Crippen molar-refractivity contribution < 1.29 is 49.1 Å². The van der Waals surface area contributed by atoms with Crippen molar-refractivity contribution in [2.45, 2.75) is 88.5 Å². The van der Waals surface area contributed by atoms with Gasteiger partial charge in [-0.15, -0.1) is 0 Å². The van der Waals surface area contributed by atoms with Gasteiger partial charge in [0.25, 0.3) is 0 Å². The number of amides is 3. The Morgan fingerprint density at radius 1 is 1.17 bits per heavy atom. The smallest absolute Gasteiger partial charge is 0.326 e. The second kappa shape index (κ2) is 13.6. The lowest BCUT2D eigenvalue weighted by Gasteiger charge is -2.42. The molecule has 0 saturated carbocycles. The van der Waals surface area contributed by atoms with E-state index in [9.17, 15) is 39.6 Å². The second-order valence-electron chi connectivity index (χ2n) is 8.58. The van der Waals surface area contributed by atoms with Crippen LogP contribution in [-0.2, 0) is 28.7 Å². The molecule has 1 unspecified atom stereocenters. The molecule has 1 aliphatic heterocycles. The fourth-order valence-electron chi connectivity index (χ4n) is 3.47. The van der Waals surface area contributed by atoms with E-state index < -0.39 is 85.2 Å². The summed E-state index contributed by atoms with van der Waals surface area (Å²) in [6.07, 6.45) is -6.67. The molecule has 1 saturated heterocycles. The third-order valence-electron chi connectivity index (χ3n) is 5.63. The number of nitrogens with zero attached hydrogens (tertiary/aromatic N) is 1. The Morgan fingerprint density at radius 3 is 2.26 bits per heavy atom. The Labute approximate surface area is 202 Å². The van der Waals surface area contributed by atoms with Crippen molar-refractivity contribution >= 4 is 23.7 Å². The summed E-state index contributed by atoms with van der Waals surface area (Å²) in [6, 6.07) is -4.57. The number of aliphatic hydroxyl groups excluding tert-OH is 3. The normalized spacial score (nSPS) is 27.8. The number of carboxylic acids is 1. The van der Waals surface area contributed by atoms with Crippen LogP contribution in [0.5, 0.6) is 0 Å². The van der Waals surface area contributed by atoms with Gasteiger partial charge in [0.05, 0.1) is 24.8 Å². The molecule has 15 heteroatoms. The van der Waals surface area contributed by atoms with Gasteiger partial charge in [0.15, 0.2) is 6.29 Å². The highest BCUT2D eigenvalue weighted by molar-refractivity contribution is 5.89. The van der Waals surface area contributed by atoms with E-state index in [0.29, 0.717) is 0 Å². The van der Waals surface area contributed by atoms with E-state index in [1.165, 1.54) is 20.8 Å². The lowest BCUT2D eigenvalue weighted by molar-refractivity contribution is -0.263. The maximum Gasteiger partial charge on any atom is 0.326 e. The Hall–Kier alpha value is -2.40. The second-order valence-corrected chi connectivity index (χ2v) is 8.58. The zero-order valence-corrected chi connectivity index (χ0v) is 19.9. The van der Waals surface area contributed by atoms with Gasteiger partial charge in [0.1, 0.15) is 30.4 Å². The summed E-state index contributed by atoms with van der Waals surface area (Å²) in [6.45, 7) is 3.31. The lowest BCUT2D eigenvalue weighted by Crippen LogP contribution is -2.63. The molecule has 0 spiro atoms. The van der Waals surface area contributed by atoms with Crippen LogP contribution >= 0.6 is 0 Å². The fourth-order valence-corrected chi connectivity index (χ4v) is 3.47. The van der Waals surface area contributed by atoms with Crippen molar-refractivity contribution in [3.63, 3.8) is 0 Å². The van der Waals surface area contributed by atoms with Gasteiger partial charge in [0.2, 0.25) is 17.7 Å². The summed E-state index contributed by atoms with van der Waals surface area (Å²) < 4.78 is 10.7. The molecule has 0 aliphatic carbocycles. The van der Waals surface area contributed by atoms with Crippen LogP contribution in [0.25, 0.3) is 0 Å². The molecule has 1 rings (SSSR count). The molecule has 1 aliphatic rings. The zero-order chi connectivity index (χ0) is 27.0. The van der Waals surface area contributed by atoms with Crippen LogP contribution in [-0.4, -0.2) is 117 Å². The number of hydrogen-bond acceptors (Lipinski definition) is 11. The predicted molar refractivity (Wildman–Crippen MR) is 119 cm³/mol. The van der Waals surface area contributed by atoms with E-state index in [-0.39, 0.29) is 19.4 Å². The van der Waals surface area contributed by atoms with Crippen molar-refractivity contribution in [1.82, 2.24) is 10.2 Å². The molecule has 0 radical (unpaired) electrons. The Kier molecular flexibility index (Phi) is 11.9. The molecule has 1 heterocycles. The van der Waals surface area contributed by atoms with E-state index in [4.69, 9.17) is 26.7 Å². The predicted octanol–water partition coefficient (Wildman–Crippen LogP) is -4.44. The van der Waals surface area contributed by atoms with Crippen LogP contribution in [0.4, 0.5) is 0 Å². The first-order valence-corrected chi connectivity index (χ1v) is 11.1. The average Bonchev–Trinajstić information content (AvgIpc) is 2.78. The van der Waals surface area contributed by atoms with E-state index in [2.05, 4.69) is 5.32 Å². The average molecular weight is 508 g/mol. The lowest BCUT2D eigenvalue weighted by atomic mass is 9.97. The highest BCUT2D eigenvalue weighted by atomic mass is 16.6. The minimum atomic E-state index is -1.53. The van der Waals surface area contributed by atoms with Gasteiger partial charge in [-0.2, -0.15) is 0 Å². The van der Waals surface area contributed by atoms with Crippen molar-refractivity contribution in [1.29, 1.82) is 0 Å². The third kappa shape index (κ3) is 8.64. The van der Waals surface area contributed by atoms with Crippen molar-refractivity contribution in [2.24, 2.45) is 17.2 Å². The molecule has 0 aromatic rings. The van der Waals surface area contributed by atoms with E-state index >= 15 is 0 Å². The van der Waals surface area contributed by atoms with Crippen LogP contribution in [0.2, 0.25) is 0 Å². The van der Waals surface area contributed by atoms with Gasteiger partial charge in [-0.25, -0.2) is 4.79 Å². The van der Waals surface area contributed by atoms with E-state index in [0.717, 1.165) is 4.90 Å². The maximum atomic E-state index is 12.9. The molecule has 1 fully saturated rings. The Bertz CT molecular complexity index is 754. The number of carbonyl (C=O) groups excluding carboxylic acids is 3. The third-order valence-corrected chi connectivity index (χ3v) is 5.63. The first-order valence-electron chi connectivity index (χ1n) is 11.1. The van der Waals surface area contributed by atoms with Gasteiger partial charge < -0.3 is 57.3 Å². The van der Waals surface area contributed by atoms with Crippen LogP contribution in [0, 0.1) is 0 Å². The summed E-state index contributed by atoms with van der Waals surface area (Å²) >= 11 is 0. The summed E-state index contributed by atoms with van der Waals surface area (Å²) in [5, 5.41) is 41.4.